The second-order valence-electron chi connectivity index (χ2n) is 4.69. The van der Waals surface area contributed by atoms with E-state index >= 15 is 0 Å². The fourth-order valence-corrected chi connectivity index (χ4v) is 2.92. The molecule has 1 amide bonds. The summed E-state index contributed by atoms with van der Waals surface area (Å²) < 4.78 is 5.02. The number of carbonyl (C=O) groups excluding carboxylic acids is 1. The van der Waals surface area contributed by atoms with Crippen molar-refractivity contribution in [3.05, 3.63) is 24.3 Å². The Morgan fingerprint density at radius 2 is 2.14 bits per heavy atom. The first-order chi connectivity index (χ1) is 10.1. The minimum Gasteiger partial charge on any atom is -0.482 e. The molecule has 1 heterocycles. The zero-order chi connectivity index (χ0) is 15.1. The largest absolute Gasteiger partial charge is 0.482 e. The minimum atomic E-state index is -1.02. The number of thioether (sulfide) groups is 1. The Morgan fingerprint density at radius 1 is 1.38 bits per heavy atom. The average Bonchev–Trinajstić information content (AvgIpc) is 2.47. The van der Waals surface area contributed by atoms with Gasteiger partial charge >= 0.3 is 5.97 Å². The Morgan fingerprint density at radius 3 is 2.76 bits per heavy atom. The van der Waals surface area contributed by atoms with Gasteiger partial charge in [0.2, 0.25) is 5.91 Å². The monoisotopic (exact) mass is 310 g/mol. The highest BCUT2D eigenvalue weighted by Crippen LogP contribution is 2.16. The molecule has 1 aromatic rings. The van der Waals surface area contributed by atoms with Crippen molar-refractivity contribution in [1.82, 2.24) is 5.32 Å². The SMILES string of the molecule is O=C(O)COc1ccc(NC(=O)CC2CSCCN2)cc1. The molecule has 0 aliphatic carbocycles. The molecule has 1 saturated heterocycles. The molecule has 0 bridgehead atoms. The van der Waals surface area contributed by atoms with Crippen LogP contribution >= 0.6 is 11.8 Å². The Balaban J connectivity index is 1.79. The molecular formula is C14H18N2O4S. The van der Waals surface area contributed by atoms with Crippen LogP contribution in [0.15, 0.2) is 24.3 Å². The summed E-state index contributed by atoms with van der Waals surface area (Å²) in [6.07, 6.45) is 0.449. The van der Waals surface area contributed by atoms with Crippen LogP contribution in [-0.2, 0) is 9.59 Å². The van der Waals surface area contributed by atoms with Crippen LogP contribution in [0.25, 0.3) is 0 Å². The van der Waals surface area contributed by atoms with Crippen molar-refractivity contribution in [1.29, 1.82) is 0 Å². The van der Waals surface area contributed by atoms with Gasteiger partial charge in [0.05, 0.1) is 0 Å². The fourth-order valence-electron chi connectivity index (χ4n) is 1.97. The Bertz CT molecular complexity index is 486. The van der Waals surface area contributed by atoms with E-state index in [1.807, 2.05) is 11.8 Å². The van der Waals surface area contributed by atoms with Crippen LogP contribution < -0.4 is 15.4 Å². The lowest BCUT2D eigenvalue weighted by Gasteiger charge is -2.22. The van der Waals surface area contributed by atoms with E-state index in [4.69, 9.17) is 9.84 Å². The van der Waals surface area contributed by atoms with Gasteiger partial charge in [-0.25, -0.2) is 4.79 Å². The Labute approximate surface area is 127 Å². The fraction of sp³-hybridized carbons (Fsp3) is 0.429. The predicted octanol–water partition coefficient (Wildman–Crippen LogP) is 1.18. The first-order valence-corrected chi connectivity index (χ1v) is 7.84. The maximum atomic E-state index is 11.9. The van der Waals surface area contributed by atoms with E-state index in [0.717, 1.165) is 18.1 Å². The van der Waals surface area contributed by atoms with E-state index in [9.17, 15) is 9.59 Å². The van der Waals surface area contributed by atoms with Gasteiger partial charge in [-0.2, -0.15) is 11.8 Å². The molecule has 1 unspecified atom stereocenters. The highest BCUT2D eigenvalue weighted by atomic mass is 32.2. The number of carbonyl (C=O) groups is 2. The van der Waals surface area contributed by atoms with Crippen LogP contribution in [-0.4, -0.2) is 47.7 Å². The summed E-state index contributed by atoms with van der Waals surface area (Å²) in [5.74, 6) is 1.45. The van der Waals surface area contributed by atoms with E-state index in [2.05, 4.69) is 10.6 Å². The lowest BCUT2D eigenvalue weighted by atomic mass is 10.2. The molecule has 1 aromatic carbocycles. The number of amides is 1. The highest BCUT2D eigenvalue weighted by Gasteiger charge is 2.16. The number of anilines is 1. The lowest BCUT2D eigenvalue weighted by molar-refractivity contribution is -0.139. The van der Waals surface area contributed by atoms with Crippen molar-refractivity contribution in [3.8, 4) is 5.75 Å². The van der Waals surface area contributed by atoms with Crippen molar-refractivity contribution >= 4 is 29.3 Å². The number of carboxylic acid groups (broad SMARTS) is 1. The number of rotatable bonds is 6. The third kappa shape index (κ3) is 5.65. The number of ether oxygens (including phenoxy) is 1. The molecular weight excluding hydrogens is 292 g/mol. The van der Waals surface area contributed by atoms with E-state index in [1.54, 1.807) is 24.3 Å². The van der Waals surface area contributed by atoms with Gasteiger partial charge in [-0.3, -0.25) is 4.79 Å². The number of aliphatic carboxylic acids is 1. The third-order valence-electron chi connectivity index (χ3n) is 2.93. The van der Waals surface area contributed by atoms with Gasteiger partial charge in [-0.15, -0.1) is 0 Å². The van der Waals surface area contributed by atoms with Crippen LogP contribution in [0.1, 0.15) is 6.42 Å². The summed E-state index contributed by atoms with van der Waals surface area (Å²) >= 11 is 1.85. The van der Waals surface area contributed by atoms with E-state index in [-0.39, 0.29) is 18.6 Å². The summed E-state index contributed by atoms with van der Waals surface area (Å²) in [7, 11) is 0. The van der Waals surface area contributed by atoms with E-state index in [1.165, 1.54) is 0 Å². The van der Waals surface area contributed by atoms with Gasteiger partial charge in [0, 0.05) is 36.2 Å². The van der Waals surface area contributed by atoms with E-state index < -0.39 is 5.97 Å². The number of carboxylic acids is 1. The highest BCUT2D eigenvalue weighted by molar-refractivity contribution is 7.99. The molecule has 1 aliphatic heterocycles. The molecule has 114 valence electrons. The molecule has 6 nitrogen and oxygen atoms in total. The first kappa shape index (κ1) is 15.7. The molecule has 1 fully saturated rings. The summed E-state index contributed by atoms with van der Waals surface area (Å²) in [5, 5.41) is 14.7. The van der Waals surface area contributed by atoms with Gasteiger partial charge in [0.15, 0.2) is 6.61 Å². The predicted molar refractivity (Wildman–Crippen MR) is 81.9 cm³/mol. The molecule has 1 aliphatic rings. The van der Waals surface area contributed by atoms with Gasteiger partial charge < -0.3 is 20.5 Å². The molecule has 1 atom stereocenters. The number of nitrogens with one attached hydrogen (secondary N) is 2. The zero-order valence-electron chi connectivity index (χ0n) is 11.5. The zero-order valence-corrected chi connectivity index (χ0v) is 12.3. The maximum absolute atomic E-state index is 11.9. The lowest BCUT2D eigenvalue weighted by Crippen LogP contribution is -2.39. The topological polar surface area (TPSA) is 87.7 Å². The molecule has 2 rings (SSSR count). The summed E-state index contributed by atoms with van der Waals surface area (Å²) in [6.45, 7) is 0.564. The second kappa shape index (κ2) is 7.90. The van der Waals surface area contributed by atoms with Crippen LogP contribution in [0.5, 0.6) is 5.75 Å². The molecule has 0 saturated carbocycles. The van der Waals surface area contributed by atoms with Crippen molar-refractivity contribution < 1.29 is 19.4 Å². The van der Waals surface area contributed by atoms with Crippen molar-refractivity contribution in [2.75, 3.05) is 30.0 Å². The standard InChI is InChI=1S/C14H18N2O4S/c17-13(7-11-9-21-6-5-15-11)16-10-1-3-12(4-2-10)20-8-14(18)19/h1-4,11,15H,5-9H2,(H,16,17)(H,18,19). The molecule has 0 aromatic heterocycles. The van der Waals surface area contributed by atoms with Gasteiger partial charge in [0.25, 0.3) is 0 Å². The molecule has 0 spiro atoms. The average molecular weight is 310 g/mol. The second-order valence-corrected chi connectivity index (χ2v) is 5.83. The van der Waals surface area contributed by atoms with Crippen LogP contribution in [0, 0.1) is 0 Å². The van der Waals surface area contributed by atoms with Crippen LogP contribution in [0.2, 0.25) is 0 Å². The normalized spacial score (nSPS) is 18.0. The minimum absolute atomic E-state index is 0.0331. The van der Waals surface area contributed by atoms with Gasteiger partial charge in [-0.1, -0.05) is 0 Å². The van der Waals surface area contributed by atoms with Crippen LogP contribution in [0.3, 0.4) is 0 Å². The Kier molecular flexibility index (Phi) is 5.89. The molecule has 3 N–H and O–H groups in total. The maximum Gasteiger partial charge on any atom is 0.341 e. The number of hydrogen-bond donors (Lipinski definition) is 3. The number of hydrogen-bond acceptors (Lipinski definition) is 5. The van der Waals surface area contributed by atoms with Gasteiger partial charge in [-0.05, 0) is 24.3 Å². The van der Waals surface area contributed by atoms with Gasteiger partial charge in [0.1, 0.15) is 5.75 Å². The van der Waals surface area contributed by atoms with E-state index in [0.29, 0.717) is 17.9 Å². The summed E-state index contributed by atoms with van der Waals surface area (Å²) in [6, 6.07) is 6.87. The van der Waals surface area contributed by atoms with Crippen molar-refractivity contribution in [2.45, 2.75) is 12.5 Å². The Hall–Kier alpha value is -1.73. The quantitative estimate of drug-likeness (QED) is 0.731. The molecule has 0 radical (unpaired) electrons. The smallest absolute Gasteiger partial charge is 0.341 e. The summed E-state index contributed by atoms with van der Waals surface area (Å²) in [4.78, 5) is 22.3. The van der Waals surface area contributed by atoms with Crippen LogP contribution in [0.4, 0.5) is 5.69 Å². The third-order valence-corrected chi connectivity index (χ3v) is 4.06. The molecule has 21 heavy (non-hydrogen) atoms. The number of benzene rings is 1. The van der Waals surface area contributed by atoms with Crippen molar-refractivity contribution in [3.63, 3.8) is 0 Å². The molecule has 7 heteroatoms. The summed E-state index contributed by atoms with van der Waals surface area (Å²) in [5.41, 5.74) is 0.672. The van der Waals surface area contributed by atoms with Crippen molar-refractivity contribution in [2.24, 2.45) is 0 Å². The first-order valence-electron chi connectivity index (χ1n) is 6.69.